The van der Waals surface area contributed by atoms with Crippen molar-refractivity contribution in [2.75, 3.05) is 30.3 Å². The minimum absolute atomic E-state index is 0.617. The van der Waals surface area contributed by atoms with Gasteiger partial charge in [0.25, 0.3) is 0 Å². The zero-order valence-corrected chi connectivity index (χ0v) is 17.3. The molecule has 2 aromatic rings. The van der Waals surface area contributed by atoms with Crippen LogP contribution in [-0.2, 0) is 0 Å². The number of rotatable bonds is 3. The van der Waals surface area contributed by atoms with Gasteiger partial charge in [-0.2, -0.15) is 0 Å². The summed E-state index contributed by atoms with van der Waals surface area (Å²) in [5, 5.41) is 4.67. The van der Waals surface area contributed by atoms with Crippen LogP contribution in [0.4, 0.5) is 10.1 Å². The average Bonchev–Trinajstić information content (AvgIpc) is 3.38. The van der Waals surface area contributed by atoms with Crippen LogP contribution in [0.15, 0.2) is 11.4 Å². The fraction of sp³-hybridized carbons (Fsp3) is 0.632. The lowest BCUT2D eigenvalue weighted by Gasteiger charge is -2.33. The van der Waals surface area contributed by atoms with Gasteiger partial charge in [0.15, 0.2) is 5.13 Å². The Morgan fingerprint density at radius 3 is 2.77 bits per heavy atom. The third kappa shape index (κ3) is 3.05. The van der Waals surface area contributed by atoms with Crippen molar-refractivity contribution < 1.29 is 0 Å². The second kappa shape index (κ2) is 6.97. The van der Waals surface area contributed by atoms with E-state index in [2.05, 4.69) is 14.8 Å². The van der Waals surface area contributed by atoms with Crippen LogP contribution in [-0.4, -0.2) is 41.6 Å². The second-order valence-corrected chi connectivity index (χ2v) is 10.2. The molecular weight excluding hydrogens is 384 g/mol. The van der Waals surface area contributed by atoms with Crippen LogP contribution in [0, 0.1) is 5.92 Å². The highest BCUT2D eigenvalue weighted by Gasteiger charge is 2.44. The normalized spacial score (nSPS) is 27.3. The van der Waals surface area contributed by atoms with E-state index < -0.39 is 0 Å². The molecule has 3 aliphatic rings. The van der Waals surface area contributed by atoms with Gasteiger partial charge in [0.05, 0.1) is 9.90 Å². The fourth-order valence-electron chi connectivity index (χ4n) is 5.11. The minimum Gasteiger partial charge on any atom is -0.375 e. The maximum Gasteiger partial charge on any atom is 0.182 e. The number of nitrogens with two attached hydrogens (primary N) is 1. The summed E-state index contributed by atoms with van der Waals surface area (Å²) in [5.74, 6) is 0.792. The zero-order chi connectivity index (χ0) is 17.7. The molecule has 1 saturated carbocycles. The number of nitrogen functional groups attached to an aromatic ring is 1. The molecule has 2 N–H and O–H groups in total. The average molecular weight is 409 g/mol. The summed E-state index contributed by atoms with van der Waals surface area (Å²) in [6.45, 7) is 3.61. The molecule has 0 aromatic carbocycles. The Balaban J connectivity index is 1.40. The van der Waals surface area contributed by atoms with Crippen LogP contribution in [0.25, 0.3) is 10.6 Å². The Bertz CT molecular complexity index is 782. The summed E-state index contributed by atoms with van der Waals surface area (Å²) in [5.41, 5.74) is 7.14. The summed E-state index contributed by atoms with van der Waals surface area (Å²) >= 11 is 9.45. The Morgan fingerprint density at radius 1 is 1.15 bits per heavy atom. The molecule has 2 unspecified atom stereocenters. The van der Waals surface area contributed by atoms with E-state index in [1.165, 1.54) is 56.6 Å². The smallest absolute Gasteiger partial charge is 0.182 e. The van der Waals surface area contributed by atoms with E-state index in [4.69, 9.17) is 17.3 Å². The van der Waals surface area contributed by atoms with Crippen molar-refractivity contribution in [3.63, 3.8) is 0 Å². The Hall–Kier alpha value is -0.820. The molecule has 4 heterocycles. The second-order valence-electron chi connectivity index (χ2n) is 7.89. The maximum atomic E-state index is 6.16. The van der Waals surface area contributed by atoms with E-state index in [1.54, 1.807) is 22.7 Å². The predicted molar refractivity (Wildman–Crippen MR) is 113 cm³/mol. The molecule has 7 heteroatoms. The van der Waals surface area contributed by atoms with E-state index in [1.807, 2.05) is 11.4 Å². The summed E-state index contributed by atoms with van der Waals surface area (Å²) in [6.07, 6.45) is 8.33. The van der Waals surface area contributed by atoms with E-state index in [0.29, 0.717) is 11.2 Å². The molecule has 2 aromatic heterocycles. The first kappa shape index (κ1) is 17.3. The predicted octanol–water partition coefficient (Wildman–Crippen LogP) is 4.95. The van der Waals surface area contributed by atoms with Crippen LogP contribution < -0.4 is 10.6 Å². The van der Waals surface area contributed by atoms with E-state index >= 15 is 0 Å². The molecule has 4 nitrogen and oxygen atoms in total. The van der Waals surface area contributed by atoms with Crippen LogP contribution in [0.2, 0.25) is 5.02 Å². The number of nitrogens with zero attached hydrogens (tertiary/aromatic N) is 3. The maximum absolute atomic E-state index is 6.16. The third-order valence-corrected chi connectivity index (χ3v) is 8.56. The van der Waals surface area contributed by atoms with E-state index in [9.17, 15) is 0 Å². The van der Waals surface area contributed by atoms with Crippen LogP contribution in [0.3, 0.4) is 0 Å². The lowest BCUT2D eigenvalue weighted by Crippen LogP contribution is -2.39. The van der Waals surface area contributed by atoms with Crippen molar-refractivity contribution in [1.82, 2.24) is 9.88 Å². The molecule has 1 aliphatic carbocycles. The van der Waals surface area contributed by atoms with Crippen LogP contribution in [0.5, 0.6) is 0 Å². The summed E-state index contributed by atoms with van der Waals surface area (Å²) in [6, 6.07) is 3.45. The highest BCUT2D eigenvalue weighted by molar-refractivity contribution is 7.20. The summed E-state index contributed by atoms with van der Waals surface area (Å²) in [7, 11) is 0. The molecule has 2 saturated heterocycles. The Labute approximate surface area is 168 Å². The number of halogens is 1. The van der Waals surface area contributed by atoms with Crippen molar-refractivity contribution in [3.05, 3.63) is 16.5 Å². The van der Waals surface area contributed by atoms with Crippen LogP contribution >= 0.6 is 34.3 Å². The molecule has 0 spiro atoms. The van der Waals surface area contributed by atoms with Gasteiger partial charge in [0, 0.05) is 37.1 Å². The number of hydrogen-bond donors (Lipinski definition) is 1. The van der Waals surface area contributed by atoms with Gasteiger partial charge in [-0.25, -0.2) is 4.98 Å². The monoisotopic (exact) mass is 408 g/mol. The largest absolute Gasteiger partial charge is 0.375 e. The molecular formula is C19H25ClN4S2. The van der Waals surface area contributed by atoms with Gasteiger partial charge in [0.1, 0.15) is 10.7 Å². The van der Waals surface area contributed by atoms with Crippen molar-refractivity contribution in [2.45, 2.75) is 50.6 Å². The van der Waals surface area contributed by atoms with Crippen molar-refractivity contribution >= 4 is 44.4 Å². The number of fused-ring (bicyclic) bond motifs is 1. The standard InChI is InChI=1S/C19H25ClN4S2/c20-13-8-16(25-11-13)17-18(26-19(21)22-17)24-7-6-12-9-23(10-15(12)24)14-4-2-1-3-5-14/h8,11-12,14-15H,1-7,9-10H2,(H2,21,22). The van der Waals surface area contributed by atoms with Gasteiger partial charge in [-0.15, -0.1) is 11.3 Å². The van der Waals surface area contributed by atoms with Crippen molar-refractivity contribution in [2.24, 2.45) is 5.92 Å². The Kier molecular flexibility index (Phi) is 4.63. The molecule has 5 rings (SSSR count). The molecule has 3 fully saturated rings. The van der Waals surface area contributed by atoms with Gasteiger partial charge < -0.3 is 10.6 Å². The first-order chi connectivity index (χ1) is 12.7. The molecule has 2 aliphatic heterocycles. The van der Waals surface area contributed by atoms with E-state index in [-0.39, 0.29) is 0 Å². The molecule has 26 heavy (non-hydrogen) atoms. The number of aromatic nitrogens is 1. The molecule has 0 amide bonds. The summed E-state index contributed by atoms with van der Waals surface area (Å²) < 4.78 is 0. The van der Waals surface area contributed by atoms with Crippen molar-refractivity contribution in [3.8, 4) is 10.6 Å². The molecule has 0 bridgehead atoms. The molecule has 0 radical (unpaired) electrons. The fourth-order valence-corrected chi connectivity index (χ4v) is 7.17. The van der Waals surface area contributed by atoms with Gasteiger partial charge in [-0.1, -0.05) is 42.2 Å². The van der Waals surface area contributed by atoms with Gasteiger partial charge in [-0.05, 0) is 31.2 Å². The quantitative estimate of drug-likeness (QED) is 0.780. The SMILES string of the molecule is Nc1nc(-c2cc(Cl)cs2)c(N2CCC3CN(C4CCCCC4)CC32)s1. The van der Waals surface area contributed by atoms with Crippen molar-refractivity contribution in [1.29, 1.82) is 0 Å². The lowest BCUT2D eigenvalue weighted by molar-refractivity contribution is 0.181. The summed E-state index contributed by atoms with van der Waals surface area (Å²) in [4.78, 5) is 11.2. The van der Waals surface area contributed by atoms with Gasteiger partial charge in [0.2, 0.25) is 0 Å². The first-order valence-electron chi connectivity index (χ1n) is 9.70. The van der Waals surface area contributed by atoms with Gasteiger partial charge >= 0.3 is 0 Å². The number of hydrogen-bond acceptors (Lipinski definition) is 6. The highest BCUT2D eigenvalue weighted by atomic mass is 35.5. The number of likely N-dealkylation sites (tertiary alicyclic amines) is 1. The van der Waals surface area contributed by atoms with E-state index in [0.717, 1.165) is 34.1 Å². The highest BCUT2D eigenvalue weighted by Crippen LogP contribution is 2.46. The first-order valence-corrected chi connectivity index (χ1v) is 11.8. The Morgan fingerprint density at radius 2 is 2.00 bits per heavy atom. The number of anilines is 2. The topological polar surface area (TPSA) is 45.4 Å². The minimum atomic E-state index is 0.617. The lowest BCUT2D eigenvalue weighted by atomic mass is 9.94. The molecule has 140 valence electrons. The number of thiazole rings is 1. The van der Waals surface area contributed by atoms with Crippen LogP contribution in [0.1, 0.15) is 38.5 Å². The number of thiophene rings is 1. The zero-order valence-electron chi connectivity index (χ0n) is 14.9. The third-order valence-electron chi connectivity index (χ3n) is 6.35. The van der Waals surface area contributed by atoms with Gasteiger partial charge in [-0.3, -0.25) is 4.90 Å². The molecule has 2 atom stereocenters.